The third kappa shape index (κ3) is 5.25. The number of aliphatic hydroxyl groups excluding tert-OH is 1. The summed E-state index contributed by atoms with van der Waals surface area (Å²) in [6, 6.07) is 19.8. The largest absolute Gasteiger partial charge is 0.507 e. The number of Topliss-reactive ketones (excluding diaryl/α,β-unsaturated/α-hetero) is 1. The van der Waals surface area contributed by atoms with Gasteiger partial charge in [-0.3, -0.25) is 14.5 Å². The molecule has 0 saturated carbocycles. The topological polar surface area (TPSA) is 99.9 Å². The summed E-state index contributed by atoms with van der Waals surface area (Å²) in [4.78, 5) is 28.2. The monoisotopic (exact) mass is 510 g/mol. The molecule has 38 heavy (non-hydrogen) atoms. The second kappa shape index (κ2) is 10.8. The molecule has 7 nitrogen and oxygen atoms in total. The number of rotatable bonds is 7. The van der Waals surface area contributed by atoms with Gasteiger partial charge in [-0.1, -0.05) is 12.1 Å². The number of carbonyl (C=O) groups excluding carboxylic acids is 2. The number of nitriles is 1. The molecule has 1 atom stereocenters. The number of carbonyl (C=O) groups is 2. The normalized spacial score (nSPS) is 16.7. The minimum Gasteiger partial charge on any atom is -0.507 e. The Morgan fingerprint density at radius 1 is 0.947 bits per heavy atom. The lowest BCUT2D eigenvalue weighted by Gasteiger charge is -2.26. The summed E-state index contributed by atoms with van der Waals surface area (Å²) < 4.78 is 11.7. The molecule has 1 heterocycles. The van der Waals surface area contributed by atoms with Crippen LogP contribution in [0.15, 0.2) is 72.3 Å². The van der Waals surface area contributed by atoms with Gasteiger partial charge in [0.05, 0.1) is 35.5 Å². The zero-order valence-corrected chi connectivity index (χ0v) is 22.1. The molecule has 1 fully saturated rings. The average molecular weight is 511 g/mol. The van der Waals surface area contributed by atoms with Gasteiger partial charge < -0.3 is 14.6 Å². The molecule has 194 valence electrons. The maximum Gasteiger partial charge on any atom is 0.300 e. The summed E-state index contributed by atoms with van der Waals surface area (Å²) >= 11 is 0. The van der Waals surface area contributed by atoms with Crippen LogP contribution in [0.25, 0.3) is 5.76 Å². The first-order valence-corrected chi connectivity index (χ1v) is 12.5. The molecular formula is C31H30N2O5. The number of ether oxygens (including phenoxy) is 2. The third-order valence-electron chi connectivity index (χ3n) is 6.08. The van der Waals surface area contributed by atoms with Crippen molar-refractivity contribution in [3.63, 3.8) is 0 Å². The number of aryl methyl sites for hydroxylation is 1. The van der Waals surface area contributed by atoms with Crippen LogP contribution in [0.4, 0.5) is 5.69 Å². The van der Waals surface area contributed by atoms with Gasteiger partial charge in [-0.25, -0.2) is 0 Å². The van der Waals surface area contributed by atoms with Crippen LogP contribution in [0.5, 0.6) is 11.5 Å². The van der Waals surface area contributed by atoms with Crippen LogP contribution in [-0.4, -0.2) is 29.0 Å². The highest BCUT2D eigenvalue weighted by atomic mass is 16.5. The van der Waals surface area contributed by atoms with Crippen molar-refractivity contribution in [3.8, 4) is 17.6 Å². The molecule has 0 aliphatic carbocycles. The van der Waals surface area contributed by atoms with Crippen LogP contribution in [-0.2, 0) is 9.59 Å². The lowest BCUT2D eigenvalue weighted by atomic mass is 9.94. The zero-order chi connectivity index (χ0) is 27.6. The van der Waals surface area contributed by atoms with Gasteiger partial charge in [-0.2, -0.15) is 5.26 Å². The van der Waals surface area contributed by atoms with E-state index in [1.54, 1.807) is 66.7 Å². The molecule has 0 bridgehead atoms. The lowest BCUT2D eigenvalue weighted by Crippen LogP contribution is -2.29. The van der Waals surface area contributed by atoms with Crippen molar-refractivity contribution >= 4 is 23.1 Å². The fourth-order valence-electron chi connectivity index (χ4n) is 4.48. The minimum atomic E-state index is -0.912. The van der Waals surface area contributed by atoms with Crippen molar-refractivity contribution in [2.75, 3.05) is 4.90 Å². The van der Waals surface area contributed by atoms with E-state index in [-0.39, 0.29) is 23.5 Å². The number of nitrogens with zero attached hydrogens (tertiary/aromatic N) is 2. The number of ketones is 1. The Morgan fingerprint density at radius 2 is 1.63 bits per heavy atom. The SMILES string of the molecule is Cc1cc(/C(O)=C2\C(=O)C(=O)N(c3ccc(C#N)cc3)C2c2cccc(OC(C)C)c2)ccc1OC(C)C. The van der Waals surface area contributed by atoms with Crippen LogP contribution in [0.2, 0.25) is 0 Å². The second-order valence-electron chi connectivity index (χ2n) is 9.71. The van der Waals surface area contributed by atoms with Crippen molar-refractivity contribution < 1.29 is 24.2 Å². The standard InChI is InChI=1S/C31H30N2O5/c1-18(2)37-25-8-6-7-22(16-25)28-27(29(34)23-11-14-26(20(5)15-23)38-19(3)4)30(35)31(36)33(28)24-12-9-21(17-32)10-13-24/h6-16,18-19,28,34H,1-5H3/b29-27+. The summed E-state index contributed by atoms with van der Waals surface area (Å²) in [5.74, 6) is -0.599. The van der Waals surface area contributed by atoms with Gasteiger partial charge in [0.1, 0.15) is 17.3 Å². The van der Waals surface area contributed by atoms with E-state index in [2.05, 4.69) is 6.07 Å². The lowest BCUT2D eigenvalue weighted by molar-refractivity contribution is -0.132. The molecule has 3 aromatic rings. The Labute approximate surface area is 222 Å². The van der Waals surface area contributed by atoms with Crippen LogP contribution in [0.3, 0.4) is 0 Å². The number of hydrogen-bond acceptors (Lipinski definition) is 6. The van der Waals surface area contributed by atoms with E-state index in [4.69, 9.17) is 9.47 Å². The fourth-order valence-corrected chi connectivity index (χ4v) is 4.48. The van der Waals surface area contributed by atoms with Gasteiger partial charge in [-0.15, -0.1) is 0 Å². The Hall–Kier alpha value is -4.57. The molecule has 1 aliphatic rings. The summed E-state index contributed by atoms with van der Waals surface area (Å²) in [6.45, 7) is 9.52. The summed E-state index contributed by atoms with van der Waals surface area (Å²) in [5, 5.41) is 20.7. The predicted octanol–water partition coefficient (Wildman–Crippen LogP) is 6.07. The van der Waals surface area contributed by atoms with Gasteiger partial charge in [0, 0.05) is 11.3 Å². The highest BCUT2D eigenvalue weighted by molar-refractivity contribution is 6.51. The molecule has 1 N–H and O–H groups in total. The van der Waals surface area contributed by atoms with E-state index in [1.807, 2.05) is 34.6 Å². The first-order valence-electron chi connectivity index (χ1n) is 12.5. The van der Waals surface area contributed by atoms with Crippen molar-refractivity contribution in [2.24, 2.45) is 0 Å². The molecule has 0 spiro atoms. The fraction of sp³-hybridized carbons (Fsp3) is 0.258. The predicted molar refractivity (Wildman–Crippen MR) is 145 cm³/mol. The van der Waals surface area contributed by atoms with E-state index in [1.165, 1.54) is 4.90 Å². The van der Waals surface area contributed by atoms with Crippen molar-refractivity contribution in [2.45, 2.75) is 52.9 Å². The van der Waals surface area contributed by atoms with E-state index in [9.17, 15) is 20.0 Å². The van der Waals surface area contributed by atoms with E-state index in [0.29, 0.717) is 33.9 Å². The van der Waals surface area contributed by atoms with Crippen molar-refractivity contribution in [1.82, 2.24) is 0 Å². The summed E-state index contributed by atoms with van der Waals surface area (Å²) in [6.07, 6.45) is -0.101. The summed E-state index contributed by atoms with van der Waals surface area (Å²) in [5.41, 5.74) is 2.61. The van der Waals surface area contributed by atoms with Crippen LogP contribution in [0, 0.1) is 18.3 Å². The number of aliphatic hydroxyl groups is 1. The molecule has 7 heteroatoms. The van der Waals surface area contributed by atoms with Gasteiger partial charge in [-0.05, 0) is 100 Å². The maximum atomic E-state index is 13.5. The quantitative estimate of drug-likeness (QED) is 0.235. The van der Waals surface area contributed by atoms with Crippen LogP contribution >= 0.6 is 0 Å². The molecule has 0 aromatic heterocycles. The van der Waals surface area contributed by atoms with E-state index < -0.39 is 17.7 Å². The highest BCUT2D eigenvalue weighted by Gasteiger charge is 2.47. The molecule has 1 amide bonds. The molecule has 0 radical (unpaired) electrons. The van der Waals surface area contributed by atoms with Crippen LogP contribution in [0.1, 0.15) is 56.0 Å². The van der Waals surface area contributed by atoms with E-state index in [0.717, 1.165) is 5.56 Å². The molecule has 1 unspecified atom stereocenters. The average Bonchev–Trinajstić information content (AvgIpc) is 3.14. The zero-order valence-electron chi connectivity index (χ0n) is 22.1. The van der Waals surface area contributed by atoms with Crippen molar-refractivity contribution in [3.05, 3.63) is 94.6 Å². The van der Waals surface area contributed by atoms with Crippen molar-refractivity contribution in [1.29, 1.82) is 5.26 Å². The van der Waals surface area contributed by atoms with Gasteiger partial charge in [0.25, 0.3) is 11.7 Å². The van der Waals surface area contributed by atoms with E-state index >= 15 is 0 Å². The smallest absolute Gasteiger partial charge is 0.300 e. The van der Waals surface area contributed by atoms with Gasteiger partial charge >= 0.3 is 0 Å². The maximum absolute atomic E-state index is 13.5. The summed E-state index contributed by atoms with van der Waals surface area (Å²) in [7, 11) is 0. The Morgan fingerprint density at radius 3 is 2.24 bits per heavy atom. The first-order chi connectivity index (χ1) is 18.1. The van der Waals surface area contributed by atoms with Gasteiger partial charge in [0.15, 0.2) is 0 Å². The second-order valence-corrected chi connectivity index (χ2v) is 9.71. The number of anilines is 1. The Kier molecular flexibility index (Phi) is 7.54. The molecule has 3 aromatic carbocycles. The Bertz CT molecular complexity index is 1450. The number of amides is 1. The number of hydrogen-bond donors (Lipinski definition) is 1. The minimum absolute atomic E-state index is 0.0220. The number of benzene rings is 3. The first kappa shape index (κ1) is 26.5. The van der Waals surface area contributed by atoms with Gasteiger partial charge in [0.2, 0.25) is 0 Å². The molecule has 1 saturated heterocycles. The third-order valence-corrected chi connectivity index (χ3v) is 6.08. The molecular weight excluding hydrogens is 480 g/mol. The molecule has 1 aliphatic heterocycles. The highest BCUT2D eigenvalue weighted by Crippen LogP contribution is 2.43. The Balaban J connectivity index is 1.90. The van der Waals surface area contributed by atoms with Crippen LogP contribution < -0.4 is 14.4 Å². The molecule has 4 rings (SSSR count).